The van der Waals surface area contributed by atoms with E-state index < -0.39 is 11.5 Å². The summed E-state index contributed by atoms with van der Waals surface area (Å²) in [5.74, 6) is -0.839. The Bertz CT molecular complexity index is 530. The minimum Gasteiger partial charge on any atom is -0.375 e. The second kappa shape index (κ2) is 4.51. The molecule has 96 valence electrons. The number of carbonyl (C=O) groups is 2. The molecule has 0 fully saturated rings. The van der Waals surface area contributed by atoms with Gasteiger partial charge in [-0.15, -0.1) is 0 Å². The van der Waals surface area contributed by atoms with Crippen LogP contribution in [0.2, 0.25) is 0 Å². The molecule has 5 nitrogen and oxygen atoms in total. The number of fused-ring (bicyclic) bond motifs is 1. The Morgan fingerprint density at radius 1 is 1.50 bits per heavy atom. The Morgan fingerprint density at radius 2 is 2.17 bits per heavy atom. The fraction of sp³-hybridized carbons (Fsp3) is 0.333. The van der Waals surface area contributed by atoms with Crippen molar-refractivity contribution in [2.24, 2.45) is 0 Å². The van der Waals surface area contributed by atoms with E-state index in [0.29, 0.717) is 11.3 Å². The van der Waals surface area contributed by atoms with E-state index in [1.165, 1.54) is 4.90 Å². The molecule has 0 saturated carbocycles. The molecule has 2 N–H and O–H groups in total. The van der Waals surface area contributed by atoms with Gasteiger partial charge >= 0.3 is 0 Å². The third kappa shape index (κ3) is 2.10. The summed E-state index contributed by atoms with van der Waals surface area (Å²) in [5.41, 5.74) is -0.734. The van der Waals surface area contributed by atoms with Gasteiger partial charge < -0.3 is 15.3 Å². The third-order valence-electron chi connectivity index (χ3n) is 2.96. The molecule has 1 aliphatic heterocycles. The Hall–Kier alpha value is -1.15. The number of carbonyl (C=O) groups excluding carboxylic acids is 2. The van der Waals surface area contributed by atoms with E-state index in [2.05, 4.69) is 27.9 Å². The maximum absolute atomic E-state index is 11.9. The number of aliphatic hydroxyl groups is 1. The van der Waals surface area contributed by atoms with Crippen LogP contribution >= 0.6 is 22.6 Å². The van der Waals surface area contributed by atoms with Crippen molar-refractivity contribution in [2.45, 2.75) is 12.0 Å². The van der Waals surface area contributed by atoms with Gasteiger partial charge in [0.15, 0.2) is 5.60 Å². The summed E-state index contributed by atoms with van der Waals surface area (Å²) in [6.45, 7) is 0. The topological polar surface area (TPSA) is 69.6 Å². The van der Waals surface area contributed by atoms with E-state index in [1.54, 1.807) is 26.2 Å². The van der Waals surface area contributed by atoms with Crippen LogP contribution in [-0.4, -0.2) is 35.9 Å². The zero-order chi connectivity index (χ0) is 13.5. The molecule has 0 bridgehead atoms. The lowest BCUT2D eigenvalue weighted by Crippen LogP contribution is -2.39. The molecule has 2 amide bonds. The van der Waals surface area contributed by atoms with Crippen molar-refractivity contribution >= 4 is 40.1 Å². The van der Waals surface area contributed by atoms with Crippen LogP contribution < -0.4 is 5.32 Å². The number of halogens is 1. The first-order chi connectivity index (χ1) is 8.34. The zero-order valence-electron chi connectivity index (χ0n) is 10.0. The van der Waals surface area contributed by atoms with E-state index in [1.807, 2.05) is 6.07 Å². The quantitative estimate of drug-likeness (QED) is 0.771. The molecular formula is C12H13IN2O3. The van der Waals surface area contributed by atoms with Crippen molar-refractivity contribution in [3.8, 4) is 0 Å². The molecule has 0 saturated heterocycles. The summed E-state index contributed by atoms with van der Waals surface area (Å²) in [4.78, 5) is 25.0. The summed E-state index contributed by atoms with van der Waals surface area (Å²) in [5, 5.41) is 13.1. The summed E-state index contributed by atoms with van der Waals surface area (Å²) in [6, 6.07) is 5.28. The van der Waals surface area contributed by atoms with Gasteiger partial charge in [-0.25, -0.2) is 0 Å². The maximum atomic E-state index is 11.9. The number of rotatable bonds is 2. The van der Waals surface area contributed by atoms with Crippen molar-refractivity contribution in [1.82, 2.24) is 4.90 Å². The van der Waals surface area contributed by atoms with E-state index in [9.17, 15) is 14.7 Å². The zero-order valence-corrected chi connectivity index (χ0v) is 12.2. The van der Waals surface area contributed by atoms with Crippen molar-refractivity contribution < 1.29 is 14.7 Å². The van der Waals surface area contributed by atoms with Gasteiger partial charge in [0, 0.05) is 28.9 Å². The van der Waals surface area contributed by atoms with E-state index in [0.717, 1.165) is 3.57 Å². The van der Waals surface area contributed by atoms with Gasteiger partial charge in [-0.1, -0.05) is 0 Å². The predicted molar refractivity (Wildman–Crippen MR) is 75.0 cm³/mol. The highest BCUT2D eigenvalue weighted by atomic mass is 127. The smallest absolute Gasteiger partial charge is 0.261 e. The first-order valence-corrected chi connectivity index (χ1v) is 6.46. The van der Waals surface area contributed by atoms with Crippen LogP contribution in [-0.2, 0) is 15.2 Å². The lowest BCUT2D eigenvalue weighted by molar-refractivity contribution is -0.144. The standard InChI is InChI=1S/C12H13IN2O3/c1-15(2)10(16)6-12(18)8-5-7(13)3-4-9(8)14-11(12)17/h3-5,18H,6H2,1-2H3,(H,14,17). The van der Waals surface area contributed by atoms with Gasteiger partial charge in [0.05, 0.1) is 6.42 Å². The molecule has 1 aromatic rings. The van der Waals surface area contributed by atoms with Gasteiger partial charge in [-0.05, 0) is 40.8 Å². The highest BCUT2D eigenvalue weighted by Crippen LogP contribution is 2.39. The first kappa shape index (κ1) is 13.3. The average molecular weight is 360 g/mol. The molecule has 0 spiro atoms. The Kier molecular flexibility index (Phi) is 3.33. The second-order valence-corrected chi connectivity index (χ2v) is 5.71. The summed E-state index contributed by atoms with van der Waals surface area (Å²) >= 11 is 2.10. The molecule has 1 aromatic carbocycles. The number of anilines is 1. The molecule has 0 radical (unpaired) electrons. The molecule has 18 heavy (non-hydrogen) atoms. The molecule has 2 rings (SSSR count). The van der Waals surface area contributed by atoms with Crippen LogP contribution in [0.4, 0.5) is 5.69 Å². The molecule has 0 aliphatic carbocycles. The molecule has 1 unspecified atom stereocenters. The number of hydrogen-bond donors (Lipinski definition) is 2. The highest BCUT2D eigenvalue weighted by Gasteiger charge is 2.47. The van der Waals surface area contributed by atoms with E-state index in [4.69, 9.17) is 0 Å². The second-order valence-electron chi connectivity index (χ2n) is 4.47. The minimum atomic E-state index is -1.77. The van der Waals surface area contributed by atoms with Crippen molar-refractivity contribution in [3.63, 3.8) is 0 Å². The largest absolute Gasteiger partial charge is 0.375 e. The van der Waals surface area contributed by atoms with Crippen molar-refractivity contribution in [1.29, 1.82) is 0 Å². The highest BCUT2D eigenvalue weighted by molar-refractivity contribution is 14.1. The van der Waals surface area contributed by atoms with Crippen molar-refractivity contribution in [2.75, 3.05) is 19.4 Å². The minimum absolute atomic E-state index is 0.251. The lowest BCUT2D eigenvalue weighted by Gasteiger charge is -2.22. The fourth-order valence-corrected chi connectivity index (χ4v) is 2.36. The van der Waals surface area contributed by atoms with E-state index >= 15 is 0 Å². The van der Waals surface area contributed by atoms with Gasteiger partial charge in [-0.3, -0.25) is 9.59 Å². The van der Waals surface area contributed by atoms with Gasteiger partial charge in [0.25, 0.3) is 5.91 Å². The molecule has 6 heteroatoms. The summed E-state index contributed by atoms with van der Waals surface area (Å²) in [6.07, 6.45) is -0.251. The molecule has 0 aromatic heterocycles. The van der Waals surface area contributed by atoms with Gasteiger partial charge in [0.1, 0.15) is 0 Å². The Labute approximate surface area is 118 Å². The lowest BCUT2D eigenvalue weighted by atomic mass is 9.91. The van der Waals surface area contributed by atoms with Crippen LogP contribution in [0.15, 0.2) is 18.2 Å². The fourth-order valence-electron chi connectivity index (χ4n) is 1.87. The molecular weight excluding hydrogens is 347 g/mol. The summed E-state index contributed by atoms with van der Waals surface area (Å²) < 4.78 is 0.901. The SMILES string of the molecule is CN(C)C(=O)CC1(O)C(=O)Nc2ccc(I)cc21. The molecule has 1 atom stereocenters. The maximum Gasteiger partial charge on any atom is 0.261 e. The number of benzene rings is 1. The first-order valence-electron chi connectivity index (χ1n) is 5.38. The molecule has 1 aliphatic rings. The van der Waals surface area contributed by atoms with Crippen LogP contribution in [0.3, 0.4) is 0 Å². The van der Waals surface area contributed by atoms with Crippen LogP contribution in [0.25, 0.3) is 0 Å². The Balaban J connectivity index is 2.42. The normalized spacial score (nSPS) is 21.4. The van der Waals surface area contributed by atoms with Crippen molar-refractivity contribution in [3.05, 3.63) is 27.3 Å². The van der Waals surface area contributed by atoms with Crippen LogP contribution in [0.1, 0.15) is 12.0 Å². The van der Waals surface area contributed by atoms with Gasteiger partial charge in [-0.2, -0.15) is 0 Å². The third-order valence-corrected chi connectivity index (χ3v) is 3.63. The Morgan fingerprint density at radius 3 is 2.78 bits per heavy atom. The predicted octanol–water partition coefficient (Wildman–Crippen LogP) is 0.909. The van der Waals surface area contributed by atoms with Gasteiger partial charge in [0.2, 0.25) is 5.91 Å². The number of nitrogens with zero attached hydrogens (tertiary/aromatic N) is 1. The van der Waals surface area contributed by atoms with Crippen LogP contribution in [0, 0.1) is 3.57 Å². The number of hydrogen-bond acceptors (Lipinski definition) is 3. The van der Waals surface area contributed by atoms with E-state index in [-0.39, 0.29) is 12.3 Å². The number of nitrogens with one attached hydrogen (secondary N) is 1. The summed E-state index contributed by atoms with van der Waals surface area (Å²) in [7, 11) is 3.18. The number of amides is 2. The average Bonchev–Trinajstić information content (AvgIpc) is 2.52. The molecule has 1 heterocycles. The van der Waals surface area contributed by atoms with Crippen LogP contribution in [0.5, 0.6) is 0 Å². The monoisotopic (exact) mass is 360 g/mol.